The van der Waals surface area contributed by atoms with Crippen LogP contribution in [0.2, 0.25) is 0 Å². The average Bonchev–Trinajstić information content (AvgIpc) is 3.61. The van der Waals surface area contributed by atoms with E-state index in [1.807, 2.05) is 39.0 Å². The number of hydrogen-bond acceptors (Lipinski definition) is 7. The van der Waals surface area contributed by atoms with E-state index < -0.39 is 45.5 Å². The zero-order valence-electron chi connectivity index (χ0n) is 22.7. The Kier molecular flexibility index (Phi) is 8.05. The van der Waals surface area contributed by atoms with Crippen LogP contribution in [-0.2, 0) is 19.7 Å². The van der Waals surface area contributed by atoms with E-state index in [-0.39, 0.29) is 58.6 Å². The monoisotopic (exact) mass is 568 g/mol. The van der Waals surface area contributed by atoms with Gasteiger partial charge in [0.2, 0.25) is 11.8 Å². The number of carbonyl (C=O) groups excluding carboxylic acids is 3. The van der Waals surface area contributed by atoms with Crippen molar-refractivity contribution in [2.75, 3.05) is 6.54 Å². The molecular weight excluding hydrogens is 535 g/mol. The first-order valence-electron chi connectivity index (χ1n) is 12.8. The van der Waals surface area contributed by atoms with Gasteiger partial charge >= 0.3 is 29.6 Å². The van der Waals surface area contributed by atoms with E-state index in [0.29, 0.717) is 12.2 Å². The van der Waals surface area contributed by atoms with E-state index in [0.717, 1.165) is 29.3 Å². The molecule has 5 rings (SSSR count). The van der Waals surface area contributed by atoms with Gasteiger partial charge < -0.3 is 30.2 Å². The van der Waals surface area contributed by atoms with Crippen molar-refractivity contribution in [2.45, 2.75) is 64.1 Å². The average molecular weight is 569 g/mol. The van der Waals surface area contributed by atoms with Crippen molar-refractivity contribution < 1.29 is 62.0 Å². The van der Waals surface area contributed by atoms with Gasteiger partial charge in [-0.1, -0.05) is 26.0 Å². The minimum absolute atomic E-state index is 0. The summed E-state index contributed by atoms with van der Waals surface area (Å²) in [5.74, 6) is -1.53. The Morgan fingerprint density at radius 2 is 1.87 bits per heavy atom. The van der Waals surface area contributed by atoms with Crippen LogP contribution in [-0.4, -0.2) is 75.8 Å². The summed E-state index contributed by atoms with van der Waals surface area (Å²) >= 11 is 0. The number of nitrogens with zero attached hydrogens (tertiary/aromatic N) is 1. The van der Waals surface area contributed by atoms with Crippen molar-refractivity contribution in [2.24, 2.45) is 23.2 Å². The van der Waals surface area contributed by atoms with E-state index in [1.165, 1.54) is 11.8 Å². The van der Waals surface area contributed by atoms with Crippen LogP contribution in [0.3, 0.4) is 0 Å². The molecule has 1 unspecified atom stereocenters. The fourth-order valence-electron chi connectivity index (χ4n) is 6.08. The predicted octanol–water partition coefficient (Wildman–Crippen LogP) is -2.16. The Balaban J connectivity index is 0.00000353. The summed E-state index contributed by atoms with van der Waals surface area (Å²) < 4.78 is 33.7. The van der Waals surface area contributed by atoms with Gasteiger partial charge in [0, 0.05) is 17.4 Å². The molecule has 2 saturated carbocycles. The fourth-order valence-corrected chi connectivity index (χ4v) is 6.65. The number of aryl methyl sites for hydroxylation is 1. The molecule has 13 heteroatoms. The maximum absolute atomic E-state index is 13.8. The normalized spacial score (nSPS) is 25.7. The zero-order valence-corrected chi connectivity index (χ0v) is 25.5. The van der Waals surface area contributed by atoms with Gasteiger partial charge in [-0.3, -0.25) is 14.4 Å². The zero-order chi connectivity index (χ0) is 27.7. The molecule has 1 aliphatic heterocycles. The second-order valence-corrected chi connectivity index (χ2v) is 13.0. The molecular formula is C26H33N4NaO7S. The summed E-state index contributed by atoms with van der Waals surface area (Å²) in [4.78, 5) is 44.9. The number of aromatic amines is 1. The minimum Gasteiger partial charge on any atom is -0.746 e. The number of rotatable bonds is 8. The Morgan fingerprint density at radius 1 is 1.21 bits per heavy atom. The Labute approximate surface area is 249 Å². The number of aliphatic hydroxyl groups excluding tert-OH is 1. The number of fused-ring (bicyclic) bond motifs is 2. The topological polar surface area (TPSA) is 172 Å². The maximum Gasteiger partial charge on any atom is 1.00 e. The van der Waals surface area contributed by atoms with Crippen molar-refractivity contribution >= 4 is 38.7 Å². The fraction of sp³-hybridized carbons (Fsp3) is 0.577. The van der Waals surface area contributed by atoms with Gasteiger partial charge in [0.1, 0.15) is 27.9 Å². The van der Waals surface area contributed by atoms with Crippen LogP contribution in [0, 0.1) is 30.1 Å². The number of aliphatic hydroxyl groups is 1. The van der Waals surface area contributed by atoms with E-state index >= 15 is 0 Å². The second-order valence-electron chi connectivity index (χ2n) is 11.6. The number of benzene rings is 1. The molecule has 206 valence electrons. The maximum atomic E-state index is 13.8. The van der Waals surface area contributed by atoms with Gasteiger partial charge in [0.25, 0.3) is 5.91 Å². The molecule has 0 bridgehead atoms. The molecule has 2 aliphatic carbocycles. The largest absolute Gasteiger partial charge is 1.00 e. The summed E-state index contributed by atoms with van der Waals surface area (Å²) in [6.45, 7) is 7.51. The molecule has 3 aliphatic rings. The third-order valence-electron chi connectivity index (χ3n) is 8.63. The number of likely N-dealkylation sites (tertiary alicyclic amines) is 1. The first-order valence-corrected chi connectivity index (χ1v) is 14.3. The third kappa shape index (κ3) is 5.51. The molecule has 1 aromatic carbocycles. The molecule has 1 saturated heterocycles. The van der Waals surface area contributed by atoms with Crippen molar-refractivity contribution in [3.63, 3.8) is 0 Å². The molecule has 0 radical (unpaired) electrons. The SMILES string of the molecule is Cc1cccc2[nH]c(C(=O)N[C@H](C(=O)N3C[C@H]4[C@@H]([C@H]3C(=O)N[C@@H](C)C(O)S(=O)(=O)[O-])C4(C)C)C3CC3)cc12.[Na+]. The van der Waals surface area contributed by atoms with E-state index in [9.17, 15) is 32.5 Å². The molecule has 2 aromatic rings. The van der Waals surface area contributed by atoms with Crippen LogP contribution >= 0.6 is 0 Å². The number of amides is 3. The molecule has 4 N–H and O–H groups in total. The standard InChI is InChI=1S/C26H34N4O7S.Na/c1-12-6-5-7-17-15(12)10-18(28-17)22(31)29-20(14-8-9-14)24(33)30-11-16-19(26(16,3)4)21(30)23(32)27-13(2)25(34)38(35,36)37;/h5-7,10,13-14,16,19-21,25,28,34H,8-9,11H2,1-4H3,(H,27,32)(H,29,31)(H,35,36,37);/q;+1/p-1/t13-,16-,19-,20-,21-,25?;/m0./s1. The van der Waals surface area contributed by atoms with Crippen LogP contribution in [0.4, 0.5) is 0 Å². The molecule has 39 heavy (non-hydrogen) atoms. The molecule has 3 amide bonds. The number of nitrogens with one attached hydrogen (secondary N) is 3. The van der Waals surface area contributed by atoms with Crippen molar-refractivity contribution in [3.8, 4) is 0 Å². The van der Waals surface area contributed by atoms with E-state index in [4.69, 9.17) is 0 Å². The molecule has 3 fully saturated rings. The van der Waals surface area contributed by atoms with Gasteiger partial charge in [0.15, 0.2) is 5.44 Å². The summed E-state index contributed by atoms with van der Waals surface area (Å²) in [6.07, 6.45) is 1.55. The number of carbonyl (C=O) groups is 3. The van der Waals surface area contributed by atoms with Crippen molar-refractivity contribution in [1.82, 2.24) is 20.5 Å². The number of piperidine rings is 1. The van der Waals surface area contributed by atoms with Crippen LogP contribution in [0.5, 0.6) is 0 Å². The summed E-state index contributed by atoms with van der Waals surface area (Å²) in [5.41, 5.74) is -0.331. The second kappa shape index (κ2) is 10.5. The first-order chi connectivity index (χ1) is 17.7. The first kappa shape index (κ1) is 30.0. The molecule has 6 atom stereocenters. The molecule has 11 nitrogen and oxygen atoms in total. The van der Waals surface area contributed by atoms with Gasteiger partial charge in [-0.2, -0.15) is 0 Å². The van der Waals surface area contributed by atoms with Crippen LogP contribution in [0.25, 0.3) is 10.9 Å². The van der Waals surface area contributed by atoms with Crippen LogP contribution < -0.4 is 40.2 Å². The number of aromatic nitrogens is 1. The third-order valence-corrected chi connectivity index (χ3v) is 9.63. The van der Waals surface area contributed by atoms with Crippen molar-refractivity contribution in [1.29, 1.82) is 0 Å². The predicted molar refractivity (Wildman–Crippen MR) is 137 cm³/mol. The van der Waals surface area contributed by atoms with Crippen LogP contribution in [0.1, 0.15) is 49.7 Å². The minimum atomic E-state index is -5.04. The summed E-state index contributed by atoms with van der Waals surface area (Å²) in [7, 11) is -5.04. The Bertz CT molecular complexity index is 1420. The molecule has 1 aromatic heterocycles. The Morgan fingerprint density at radius 3 is 2.46 bits per heavy atom. The smallest absolute Gasteiger partial charge is 0.746 e. The number of H-pyrrole nitrogens is 1. The number of hydrogen-bond donors (Lipinski definition) is 4. The van der Waals surface area contributed by atoms with Gasteiger partial charge in [0.05, 0.1) is 6.04 Å². The molecule has 2 heterocycles. The Hall–Kier alpha value is -1.96. The quantitative estimate of drug-likeness (QED) is 0.207. The summed E-state index contributed by atoms with van der Waals surface area (Å²) in [5, 5.41) is 16.0. The van der Waals surface area contributed by atoms with E-state index in [1.54, 1.807) is 6.07 Å². The van der Waals surface area contributed by atoms with Gasteiger partial charge in [-0.25, -0.2) is 8.42 Å². The molecule has 0 spiro atoms. The van der Waals surface area contributed by atoms with E-state index in [2.05, 4.69) is 15.6 Å². The van der Waals surface area contributed by atoms with Crippen molar-refractivity contribution in [3.05, 3.63) is 35.5 Å². The van der Waals surface area contributed by atoms with Gasteiger partial charge in [-0.15, -0.1) is 0 Å². The van der Waals surface area contributed by atoms with Crippen LogP contribution in [0.15, 0.2) is 24.3 Å². The van der Waals surface area contributed by atoms with Gasteiger partial charge in [-0.05, 0) is 67.6 Å². The summed E-state index contributed by atoms with van der Waals surface area (Å²) in [6, 6.07) is 4.41.